The molecule has 1 rings (SSSR count). The number of rotatable bonds is 4. The van der Waals surface area contributed by atoms with Crippen molar-refractivity contribution in [3.05, 3.63) is 35.3 Å². The van der Waals surface area contributed by atoms with Crippen molar-refractivity contribution >= 4 is 6.21 Å². The number of hydrogen-bond acceptors (Lipinski definition) is 3. The van der Waals surface area contributed by atoms with Gasteiger partial charge in [0, 0.05) is 12.1 Å². The highest BCUT2D eigenvalue weighted by molar-refractivity contribution is 5.74. The maximum absolute atomic E-state index is 11.1. The zero-order valence-electron chi connectivity index (χ0n) is 7.51. The fourth-order valence-corrected chi connectivity index (χ4v) is 0.777. The monoisotopic (exact) mass is 180 g/mol. The van der Waals surface area contributed by atoms with Crippen LogP contribution in [0.2, 0.25) is 0 Å². The van der Waals surface area contributed by atoms with Crippen molar-refractivity contribution in [2.45, 2.75) is 13.3 Å². The first-order valence-electron chi connectivity index (χ1n) is 4.18. The van der Waals surface area contributed by atoms with E-state index in [4.69, 9.17) is 4.84 Å². The summed E-state index contributed by atoms with van der Waals surface area (Å²) in [6.45, 7) is 2.56. The molecule has 1 heterocycles. The van der Waals surface area contributed by atoms with Crippen molar-refractivity contribution in [2.24, 2.45) is 5.16 Å². The molecule has 70 valence electrons. The number of nitrogens with zero attached hydrogens (tertiary/aromatic N) is 2. The molecule has 0 spiro atoms. The molecule has 0 atom stereocenters. The van der Waals surface area contributed by atoms with E-state index < -0.39 is 0 Å². The zero-order valence-corrected chi connectivity index (χ0v) is 7.51. The van der Waals surface area contributed by atoms with Crippen molar-refractivity contribution in [3.8, 4) is 0 Å². The maximum atomic E-state index is 11.1. The van der Waals surface area contributed by atoms with Crippen molar-refractivity contribution in [3.63, 3.8) is 0 Å². The predicted molar refractivity (Wildman–Crippen MR) is 49.2 cm³/mol. The Balaban J connectivity index is 2.53. The minimum absolute atomic E-state index is 0.471. The summed E-state index contributed by atoms with van der Waals surface area (Å²) in [4.78, 5) is 4.86. The summed E-state index contributed by atoms with van der Waals surface area (Å²) in [6, 6.07) is 5.11. The summed E-state index contributed by atoms with van der Waals surface area (Å²) in [6.07, 6.45) is 3.73. The summed E-state index contributed by atoms with van der Waals surface area (Å²) < 4.78 is 0.735. The van der Waals surface area contributed by atoms with Crippen molar-refractivity contribution < 1.29 is 9.57 Å². The zero-order chi connectivity index (χ0) is 9.52. The smallest absolute Gasteiger partial charge is 0.238 e. The van der Waals surface area contributed by atoms with Gasteiger partial charge in [-0.05, 0) is 12.5 Å². The number of aromatic nitrogens is 1. The first kappa shape index (κ1) is 9.51. The van der Waals surface area contributed by atoms with Gasteiger partial charge in [0.25, 0.3) is 0 Å². The van der Waals surface area contributed by atoms with Crippen LogP contribution in [0.1, 0.15) is 19.0 Å². The van der Waals surface area contributed by atoms with E-state index in [0.29, 0.717) is 12.3 Å². The molecule has 0 aliphatic heterocycles. The molecule has 4 nitrogen and oxygen atoms in total. The maximum Gasteiger partial charge on any atom is 0.238 e. The molecule has 0 fully saturated rings. The molecule has 0 radical (unpaired) electrons. The van der Waals surface area contributed by atoms with Gasteiger partial charge in [0.15, 0.2) is 6.20 Å². The Labute approximate surface area is 77.0 Å². The molecule has 0 unspecified atom stereocenters. The van der Waals surface area contributed by atoms with Gasteiger partial charge in [-0.2, -0.15) is 4.73 Å². The molecule has 0 saturated heterocycles. The van der Waals surface area contributed by atoms with Crippen LogP contribution in [0, 0.1) is 5.21 Å². The van der Waals surface area contributed by atoms with Crippen molar-refractivity contribution in [2.75, 3.05) is 6.61 Å². The summed E-state index contributed by atoms with van der Waals surface area (Å²) in [7, 11) is 0. The van der Waals surface area contributed by atoms with Crippen molar-refractivity contribution in [1.82, 2.24) is 0 Å². The lowest BCUT2D eigenvalue weighted by molar-refractivity contribution is -0.606. The van der Waals surface area contributed by atoms with E-state index in [2.05, 4.69) is 5.16 Å². The molecule has 13 heavy (non-hydrogen) atoms. The van der Waals surface area contributed by atoms with Crippen LogP contribution in [0.4, 0.5) is 0 Å². The van der Waals surface area contributed by atoms with Crippen LogP contribution in [-0.2, 0) is 4.84 Å². The molecule has 0 aliphatic rings. The van der Waals surface area contributed by atoms with Gasteiger partial charge in [-0.3, -0.25) is 0 Å². The largest absolute Gasteiger partial charge is 0.618 e. The van der Waals surface area contributed by atoms with Gasteiger partial charge in [-0.25, -0.2) is 0 Å². The molecule has 1 aromatic heterocycles. The Hall–Kier alpha value is -1.58. The minimum atomic E-state index is 0.471. The second-order valence-electron chi connectivity index (χ2n) is 2.52. The fourth-order valence-electron chi connectivity index (χ4n) is 0.777. The second-order valence-corrected chi connectivity index (χ2v) is 2.52. The third-order valence-corrected chi connectivity index (χ3v) is 1.41. The predicted octanol–water partition coefficient (Wildman–Crippen LogP) is 1.08. The quantitative estimate of drug-likeness (QED) is 0.229. The van der Waals surface area contributed by atoms with E-state index in [-0.39, 0.29) is 0 Å². The highest BCUT2D eigenvalue weighted by atomic mass is 16.6. The van der Waals surface area contributed by atoms with E-state index >= 15 is 0 Å². The first-order chi connectivity index (χ1) is 6.34. The Kier molecular flexibility index (Phi) is 3.75. The van der Waals surface area contributed by atoms with Crippen LogP contribution in [0.3, 0.4) is 0 Å². The summed E-state index contributed by atoms with van der Waals surface area (Å²) in [5.41, 5.74) is 0.471. The van der Waals surface area contributed by atoms with Crippen molar-refractivity contribution in [1.29, 1.82) is 0 Å². The Morgan fingerprint density at radius 2 is 2.46 bits per heavy atom. The average molecular weight is 180 g/mol. The van der Waals surface area contributed by atoms with E-state index in [1.807, 2.05) is 6.92 Å². The summed E-state index contributed by atoms with van der Waals surface area (Å²) >= 11 is 0. The summed E-state index contributed by atoms with van der Waals surface area (Å²) in [5.74, 6) is 0. The van der Waals surface area contributed by atoms with E-state index in [1.165, 1.54) is 12.4 Å². The molecule has 0 bridgehead atoms. The molecular formula is C9H12N2O2. The number of pyridine rings is 1. The van der Waals surface area contributed by atoms with Gasteiger partial charge in [0.2, 0.25) is 5.69 Å². The van der Waals surface area contributed by atoms with Crippen LogP contribution < -0.4 is 4.73 Å². The van der Waals surface area contributed by atoms with Crippen LogP contribution in [0.25, 0.3) is 0 Å². The fraction of sp³-hybridized carbons (Fsp3) is 0.333. The highest BCUT2D eigenvalue weighted by Gasteiger charge is 1.97. The number of oxime groups is 1. The lowest BCUT2D eigenvalue weighted by Crippen LogP contribution is -2.30. The summed E-state index contributed by atoms with van der Waals surface area (Å²) in [5, 5.41) is 14.7. The second kappa shape index (κ2) is 5.13. The van der Waals surface area contributed by atoms with Gasteiger partial charge in [-0.15, -0.1) is 0 Å². The topological polar surface area (TPSA) is 48.5 Å². The van der Waals surface area contributed by atoms with Gasteiger partial charge < -0.3 is 10.0 Å². The minimum Gasteiger partial charge on any atom is -0.618 e. The third kappa shape index (κ3) is 3.11. The molecule has 0 aliphatic carbocycles. The van der Waals surface area contributed by atoms with E-state index in [9.17, 15) is 5.21 Å². The standard InChI is InChI=1S/C9H12N2O2/c1-2-7-13-10-8-9-5-3-4-6-11(9)12/h3-6,8H,2,7H2,1H3/b10-8+. The first-order valence-corrected chi connectivity index (χ1v) is 4.18. The molecular weight excluding hydrogens is 168 g/mol. The van der Waals surface area contributed by atoms with Gasteiger partial charge in [-0.1, -0.05) is 12.1 Å². The molecule has 0 saturated carbocycles. The van der Waals surface area contributed by atoms with E-state index in [0.717, 1.165) is 11.2 Å². The van der Waals surface area contributed by atoms with Crippen LogP contribution in [0.5, 0.6) is 0 Å². The van der Waals surface area contributed by atoms with Crippen LogP contribution in [0.15, 0.2) is 29.6 Å². The lowest BCUT2D eigenvalue weighted by Gasteiger charge is -1.97. The normalized spacial score (nSPS) is 10.5. The van der Waals surface area contributed by atoms with Crippen LogP contribution >= 0.6 is 0 Å². The molecule has 4 heteroatoms. The van der Waals surface area contributed by atoms with E-state index in [1.54, 1.807) is 18.2 Å². The Bertz CT molecular complexity index is 287. The van der Waals surface area contributed by atoms with Gasteiger partial charge in [0.05, 0.1) is 0 Å². The molecule has 1 aromatic rings. The van der Waals surface area contributed by atoms with Gasteiger partial charge >= 0.3 is 0 Å². The molecule has 0 aromatic carbocycles. The lowest BCUT2D eigenvalue weighted by atomic mass is 10.4. The average Bonchev–Trinajstić information content (AvgIpc) is 2.15. The molecule has 0 N–H and O–H groups in total. The Morgan fingerprint density at radius 3 is 3.15 bits per heavy atom. The highest BCUT2D eigenvalue weighted by Crippen LogP contribution is 1.87. The van der Waals surface area contributed by atoms with Gasteiger partial charge in [0.1, 0.15) is 12.8 Å². The SMILES string of the molecule is CCCO/N=C/c1cccc[n+]1[O-]. The van der Waals surface area contributed by atoms with Crippen LogP contribution in [-0.4, -0.2) is 12.8 Å². The number of hydrogen-bond donors (Lipinski definition) is 0. The molecule has 0 amide bonds. The third-order valence-electron chi connectivity index (χ3n) is 1.41. The Morgan fingerprint density at radius 1 is 1.62 bits per heavy atom.